The van der Waals surface area contributed by atoms with Crippen LogP contribution in [-0.2, 0) is 24.1 Å². The summed E-state index contributed by atoms with van der Waals surface area (Å²) < 4.78 is 57.9. The van der Waals surface area contributed by atoms with Gasteiger partial charge in [0.15, 0.2) is 9.84 Å². The maximum atomic E-state index is 12.2. The Morgan fingerprint density at radius 3 is 2.25 bits per heavy atom. The number of hydrogen-bond acceptors (Lipinski definition) is 6. The molecule has 0 bridgehead atoms. The first kappa shape index (κ1) is 17.4. The van der Waals surface area contributed by atoms with Crippen LogP contribution in [0.25, 0.3) is 0 Å². The van der Waals surface area contributed by atoms with Gasteiger partial charge in [0.05, 0.1) is 16.8 Å². The third kappa shape index (κ3) is 4.37. The molecule has 1 aliphatic heterocycles. The van der Waals surface area contributed by atoms with Crippen molar-refractivity contribution in [2.75, 3.05) is 5.75 Å². The number of rotatable bonds is 5. The van der Waals surface area contributed by atoms with Crippen LogP contribution in [0.15, 0.2) is 40.6 Å². The molecule has 0 amide bonds. The maximum absolute atomic E-state index is 12.2. The van der Waals surface area contributed by atoms with Gasteiger partial charge < -0.3 is 4.74 Å². The number of sulfone groups is 1. The molecule has 3 rings (SSSR count). The normalized spacial score (nSPS) is 24.1. The van der Waals surface area contributed by atoms with Crippen LogP contribution in [0.5, 0.6) is 5.75 Å². The lowest BCUT2D eigenvalue weighted by molar-refractivity contribution is 0.155. The van der Waals surface area contributed by atoms with Crippen LogP contribution >= 0.6 is 0 Å². The molecule has 0 saturated heterocycles. The molecular formula is C16H20O6S2. The van der Waals surface area contributed by atoms with Crippen LogP contribution in [0, 0.1) is 0 Å². The van der Waals surface area contributed by atoms with Crippen LogP contribution in [0.3, 0.4) is 0 Å². The summed E-state index contributed by atoms with van der Waals surface area (Å²) in [5.41, 5.74) is 0. The summed E-state index contributed by atoms with van der Waals surface area (Å²) in [7, 11) is -7.38. The molecule has 1 saturated carbocycles. The van der Waals surface area contributed by atoms with Crippen molar-refractivity contribution >= 4 is 20.0 Å². The van der Waals surface area contributed by atoms with E-state index in [-0.39, 0.29) is 16.8 Å². The average molecular weight is 372 g/mol. The molecule has 1 fully saturated rings. The predicted molar refractivity (Wildman–Crippen MR) is 88.9 cm³/mol. The van der Waals surface area contributed by atoms with E-state index in [1.165, 1.54) is 24.6 Å². The minimum atomic E-state index is -4.01. The molecule has 0 radical (unpaired) electrons. The lowest BCUT2D eigenvalue weighted by atomic mass is 9.98. The molecular weight excluding hydrogens is 352 g/mol. The summed E-state index contributed by atoms with van der Waals surface area (Å²) in [6, 6.07) is 6.04. The highest BCUT2D eigenvalue weighted by Crippen LogP contribution is 2.25. The minimum Gasteiger partial charge on any atom is -0.490 e. The average Bonchev–Trinajstić information content (AvgIpc) is 2.87. The molecule has 0 N–H and O–H groups in total. The summed E-state index contributed by atoms with van der Waals surface area (Å²) in [6.07, 6.45) is 6.04. The summed E-state index contributed by atoms with van der Waals surface area (Å²) in [5, 5.41) is 0.980. The Bertz CT molecular complexity index is 803. The van der Waals surface area contributed by atoms with Crippen LogP contribution in [0.2, 0.25) is 0 Å². The van der Waals surface area contributed by atoms with Crippen molar-refractivity contribution < 1.29 is 25.8 Å². The first-order valence-corrected chi connectivity index (χ1v) is 11.1. The van der Waals surface area contributed by atoms with E-state index in [4.69, 9.17) is 8.92 Å². The van der Waals surface area contributed by atoms with Gasteiger partial charge in [0.25, 0.3) is 10.1 Å². The predicted octanol–water partition coefficient (Wildman–Crippen LogP) is 2.41. The highest BCUT2D eigenvalue weighted by Gasteiger charge is 2.28. The summed E-state index contributed by atoms with van der Waals surface area (Å²) in [4.78, 5) is -0.0174. The van der Waals surface area contributed by atoms with Crippen molar-refractivity contribution in [3.63, 3.8) is 0 Å². The molecule has 1 atom stereocenters. The zero-order chi connectivity index (χ0) is 17.2. The van der Waals surface area contributed by atoms with Gasteiger partial charge >= 0.3 is 0 Å². The second-order valence-corrected chi connectivity index (χ2v) is 9.60. The third-order valence-electron chi connectivity index (χ3n) is 4.11. The zero-order valence-corrected chi connectivity index (χ0v) is 14.8. The van der Waals surface area contributed by atoms with Crippen molar-refractivity contribution in [2.24, 2.45) is 0 Å². The second-order valence-electron chi connectivity index (χ2n) is 6.10. The number of hydrogen-bond donors (Lipinski definition) is 0. The smallest absolute Gasteiger partial charge is 0.297 e. The van der Waals surface area contributed by atoms with Gasteiger partial charge in [-0.3, -0.25) is 4.18 Å². The fourth-order valence-corrected chi connectivity index (χ4v) is 5.17. The molecule has 6 nitrogen and oxygen atoms in total. The molecule has 0 spiro atoms. The summed E-state index contributed by atoms with van der Waals surface area (Å²) in [6.45, 7) is 0. The Balaban J connectivity index is 1.64. The van der Waals surface area contributed by atoms with Gasteiger partial charge in [-0.05, 0) is 56.0 Å². The van der Waals surface area contributed by atoms with E-state index >= 15 is 0 Å². The van der Waals surface area contributed by atoms with Crippen molar-refractivity contribution in [1.29, 1.82) is 0 Å². The minimum absolute atomic E-state index is 0.0174. The monoisotopic (exact) mass is 372 g/mol. The number of ether oxygens (including phenoxy) is 1. The van der Waals surface area contributed by atoms with E-state index in [0.717, 1.165) is 31.1 Å². The molecule has 1 heterocycles. The van der Waals surface area contributed by atoms with Crippen molar-refractivity contribution in [1.82, 2.24) is 0 Å². The molecule has 1 aromatic carbocycles. The van der Waals surface area contributed by atoms with Gasteiger partial charge in [0.1, 0.15) is 11.9 Å². The van der Waals surface area contributed by atoms with Gasteiger partial charge in [-0.1, -0.05) is 6.42 Å². The Morgan fingerprint density at radius 2 is 1.67 bits per heavy atom. The molecule has 2 aliphatic rings. The first-order valence-electron chi connectivity index (χ1n) is 7.95. The quantitative estimate of drug-likeness (QED) is 0.738. The molecule has 132 valence electrons. The SMILES string of the molecule is O=S1(=O)C=CC(OS(=O)(=O)c2ccc(OC3CCCCC3)cc2)C1. The molecule has 1 aliphatic carbocycles. The highest BCUT2D eigenvalue weighted by molar-refractivity contribution is 7.94. The molecule has 8 heteroatoms. The van der Waals surface area contributed by atoms with E-state index in [0.29, 0.717) is 5.75 Å². The molecule has 1 aromatic rings. The van der Waals surface area contributed by atoms with Gasteiger partial charge in [0.2, 0.25) is 0 Å². The molecule has 1 unspecified atom stereocenters. The van der Waals surface area contributed by atoms with E-state index in [1.54, 1.807) is 12.1 Å². The topological polar surface area (TPSA) is 86.7 Å². The largest absolute Gasteiger partial charge is 0.490 e. The summed E-state index contributed by atoms with van der Waals surface area (Å²) in [5.74, 6) is 0.277. The van der Waals surface area contributed by atoms with Gasteiger partial charge in [-0.2, -0.15) is 8.42 Å². The fraction of sp³-hybridized carbons (Fsp3) is 0.500. The fourth-order valence-electron chi connectivity index (χ4n) is 2.89. The van der Waals surface area contributed by atoms with Crippen LogP contribution in [-0.4, -0.2) is 34.8 Å². The van der Waals surface area contributed by atoms with E-state index < -0.39 is 26.1 Å². The summed E-state index contributed by atoms with van der Waals surface area (Å²) >= 11 is 0. The zero-order valence-electron chi connectivity index (χ0n) is 13.1. The maximum Gasteiger partial charge on any atom is 0.297 e. The van der Waals surface area contributed by atoms with Crippen molar-refractivity contribution in [3.05, 3.63) is 35.7 Å². The van der Waals surface area contributed by atoms with E-state index in [2.05, 4.69) is 0 Å². The van der Waals surface area contributed by atoms with E-state index in [1.807, 2.05) is 0 Å². The second kappa shape index (κ2) is 6.85. The van der Waals surface area contributed by atoms with Crippen LogP contribution in [0.4, 0.5) is 0 Å². The third-order valence-corrected chi connectivity index (χ3v) is 6.83. The van der Waals surface area contributed by atoms with Crippen molar-refractivity contribution in [2.45, 2.75) is 49.2 Å². The Kier molecular flexibility index (Phi) is 4.98. The first-order chi connectivity index (χ1) is 11.3. The van der Waals surface area contributed by atoms with Crippen LogP contribution < -0.4 is 4.74 Å². The molecule has 0 aromatic heterocycles. The van der Waals surface area contributed by atoms with Gasteiger partial charge in [0, 0.05) is 5.41 Å². The van der Waals surface area contributed by atoms with Gasteiger partial charge in [-0.15, -0.1) is 0 Å². The lowest BCUT2D eigenvalue weighted by Gasteiger charge is -2.23. The van der Waals surface area contributed by atoms with Gasteiger partial charge in [-0.25, -0.2) is 8.42 Å². The van der Waals surface area contributed by atoms with Crippen molar-refractivity contribution in [3.8, 4) is 5.75 Å². The standard InChI is InChI=1S/C16H20O6S2/c17-23(18)11-10-15(12-23)22-24(19,20)16-8-6-14(7-9-16)21-13-4-2-1-3-5-13/h6-11,13,15H,1-5,12H2. The number of benzene rings is 1. The Morgan fingerprint density at radius 1 is 1.00 bits per heavy atom. The van der Waals surface area contributed by atoms with E-state index in [9.17, 15) is 16.8 Å². The lowest BCUT2D eigenvalue weighted by Crippen LogP contribution is -2.20. The highest BCUT2D eigenvalue weighted by atomic mass is 32.2. The Labute approximate surface area is 142 Å². The Hall–Kier alpha value is -1.38. The van der Waals surface area contributed by atoms with Crippen LogP contribution in [0.1, 0.15) is 32.1 Å². The molecule has 24 heavy (non-hydrogen) atoms.